The van der Waals surface area contributed by atoms with Crippen LogP contribution < -0.4 is 9.64 Å². The average Bonchev–Trinajstić information content (AvgIpc) is 3.21. The molecule has 2 saturated heterocycles. The smallest absolute Gasteiger partial charge is 0.254 e. The Morgan fingerprint density at radius 3 is 2.38 bits per heavy atom. The minimum absolute atomic E-state index is 0.0685. The Kier molecular flexibility index (Phi) is 6.07. The lowest BCUT2D eigenvalue weighted by molar-refractivity contribution is -0.137. The molecule has 2 heterocycles. The van der Waals surface area contributed by atoms with E-state index in [0.717, 1.165) is 12.1 Å². The molecule has 0 spiro atoms. The molecule has 2 aliphatic rings. The summed E-state index contributed by atoms with van der Waals surface area (Å²) in [5.41, 5.74) is 0.755. The van der Waals surface area contributed by atoms with E-state index < -0.39 is 23.5 Å². The van der Waals surface area contributed by atoms with Crippen LogP contribution in [0.25, 0.3) is 0 Å². The van der Waals surface area contributed by atoms with Gasteiger partial charge in [-0.05, 0) is 30.3 Å². The highest BCUT2D eigenvalue weighted by Crippen LogP contribution is 2.29. The van der Waals surface area contributed by atoms with E-state index in [1.54, 1.807) is 41.2 Å². The standard InChI is InChI=1S/C23H23F2N3O4/c1-32-18-4-2-3-17(13-18)28-14-16(12-21(28)29)23(31)27-9-7-26(8-10-27)22(30)15-5-6-19(24)20(25)11-15/h2-6,11,13,16H,7-10,12,14H2,1H3. The molecule has 168 valence electrons. The zero-order valence-corrected chi connectivity index (χ0v) is 17.6. The maximum Gasteiger partial charge on any atom is 0.254 e. The SMILES string of the molecule is COc1cccc(N2CC(C(=O)N3CCN(C(=O)c4ccc(F)c(F)c4)CC3)CC2=O)c1. The van der Waals surface area contributed by atoms with E-state index in [-0.39, 0.29) is 36.9 Å². The fraction of sp³-hybridized carbons (Fsp3) is 0.348. The molecule has 2 aromatic carbocycles. The molecular formula is C23H23F2N3O4. The third-order valence-corrected chi connectivity index (χ3v) is 5.88. The number of anilines is 1. The van der Waals surface area contributed by atoms with Gasteiger partial charge in [0.1, 0.15) is 5.75 Å². The number of halogens is 2. The normalized spacial score (nSPS) is 18.8. The van der Waals surface area contributed by atoms with Gasteiger partial charge in [0.2, 0.25) is 11.8 Å². The molecule has 3 amide bonds. The van der Waals surface area contributed by atoms with Crippen molar-refractivity contribution in [3.05, 3.63) is 59.7 Å². The molecule has 0 aliphatic carbocycles. The number of piperazine rings is 1. The van der Waals surface area contributed by atoms with Crippen molar-refractivity contribution in [2.45, 2.75) is 6.42 Å². The fourth-order valence-electron chi connectivity index (χ4n) is 4.10. The van der Waals surface area contributed by atoms with Gasteiger partial charge in [0, 0.05) is 56.5 Å². The Bertz CT molecular complexity index is 1050. The van der Waals surface area contributed by atoms with Gasteiger partial charge in [-0.15, -0.1) is 0 Å². The number of nitrogens with zero attached hydrogens (tertiary/aromatic N) is 3. The molecule has 2 fully saturated rings. The van der Waals surface area contributed by atoms with Crippen LogP contribution in [0.2, 0.25) is 0 Å². The van der Waals surface area contributed by atoms with Crippen LogP contribution in [0.4, 0.5) is 14.5 Å². The van der Waals surface area contributed by atoms with Crippen LogP contribution >= 0.6 is 0 Å². The van der Waals surface area contributed by atoms with Gasteiger partial charge >= 0.3 is 0 Å². The molecule has 0 radical (unpaired) electrons. The van der Waals surface area contributed by atoms with E-state index >= 15 is 0 Å². The first-order chi connectivity index (χ1) is 15.4. The van der Waals surface area contributed by atoms with Gasteiger partial charge < -0.3 is 19.4 Å². The molecular weight excluding hydrogens is 420 g/mol. The minimum atomic E-state index is -1.07. The van der Waals surface area contributed by atoms with Gasteiger partial charge in [-0.1, -0.05) is 6.07 Å². The quantitative estimate of drug-likeness (QED) is 0.727. The summed E-state index contributed by atoms with van der Waals surface area (Å²) in [7, 11) is 1.55. The third kappa shape index (κ3) is 4.28. The lowest BCUT2D eigenvalue weighted by Gasteiger charge is -2.36. The fourth-order valence-corrected chi connectivity index (χ4v) is 4.10. The van der Waals surface area contributed by atoms with Crippen LogP contribution in [0.1, 0.15) is 16.8 Å². The van der Waals surface area contributed by atoms with Gasteiger partial charge in [-0.25, -0.2) is 8.78 Å². The summed E-state index contributed by atoms with van der Waals surface area (Å²) in [5, 5.41) is 0. The van der Waals surface area contributed by atoms with Gasteiger partial charge in [0.25, 0.3) is 5.91 Å². The van der Waals surface area contributed by atoms with Crippen LogP contribution in [-0.2, 0) is 9.59 Å². The van der Waals surface area contributed by atoms with E-state index in [2.05, 4.69) is 0 Å². The zero-order valence-electron chi connectivity index (χ0n) is 17.6. The van der Waals surface area contributed by atoms with E-state index in [9.17, 15) is 23.2 Å². The lowest BCUT2D eigenvalue weighted by atomic mass is 10.1. The second kappa shape index (κ2) is 8.94. The Morgan fingerprint density at radius 1 is 0.969 bits per heavy atom. The highest BCUT2D eigenvalue weighted by Gasteiger charge is 2.38. The van der Waals surface area contributed by atoms with Crippen LogP contribution in [0.3, 0.4) is 0 Å². The third-order valence-electron chi connectivity index (χ3n) is 5.88. The first-order valence-corrected chi connectivity index (χ1v) is 10.3. The summed E-state index contributed by atoms with van der Waals surface area (Å²) < 4.78 is 31.8. The number of hydrogen-bond donors (Lipinski definition) is 0. The van der Waals surface area contributed by atoms with Gasteiger partial charge in [0.05, 0.1) is 13.0 Å². The molecule has 2 aliphatic heterocycles. The Labute approximate surface area is 184 Å². The lowest BCUT2D eigenvalue weighted by Crippen LogP contribution is -2.52. The monoisotopic (exact) mass is 443 g/mol. The number of ether oxygens (including phenoxy) is 1. The van der Waals surface area contributed by atoms with Crippen LogP contribution in [0.15, 0.2) is 42.5 Å². The Morgan fingerprint density at radius 2 is 1.69 bits per heavy atom. The number of hydrogen-bond acceptors (Lipinski definition) is 4. The summed E-state index contributed by atoms with van der Waals surface area (Å²) in [6.07, 6.45) is 0.129. The summed E-state index contributed by atoms with van der Waals surface area (Å²) in [6, 6.07) is 10.2. The number of rotatable bonds is 4. The molecule has 0 bridgehead atoms. The molecule has 2 aromatic rings. The number of methoxy groups -OCH3 is 1. The molecule has 0 N–H and O–H groups in total. The number of carbonyl (C=O) groups excluding carboxylic acids is 3. The second-order valence-electron chi connectivity index (χ2n) is 7.85. The van der Waals surface area contributed by atoms with Crippen LogP contribution in [-0.4, -0.2) is 67.4 Å². The number of benzene rings is 2. The maximum atomic E-state index is 13.4. The van der Waals surface area contributed by atoms with Crippen LogP contribution in [0, 0.1) is 17.6 Å². The van der Waals surface area contributed by atoms with E-state index in [0.29, 0.717) is 31.1 Å². The van der Waals surface area contributed by atoms with E-state index in [1.807, 2.05) is 0 Å². The van der Waals surface area contributed by atoms with Crippen molar-refractivity contribution in [2.75, 3.05) is 44.7 Å². The summed E-state index contributed by atoms with van der Waals surface area (Å²) >= 11 is 0. The van der Waals surface area contributed by atoms with E-state index in [4.69, 9.17) is 4.74 Å². The second-order valence-corrected chi connectivity index (χ2v) is 7.85. The summed E-state index contributed by atoms with van der Waals surface area (Å²) in [6.45, 7) is 1.49. The molecule has 4 rings (SSSR count). The van der Waals surface area contributed by atoms with Crippen LogP contribution in [0.5, 0.6) is 5.75 Å². The molecule has 32 heavy (non-hydrogen) atoms. The molecule has 1 unspecified atom stereocenters. The molecule has 0 aromatic heterocycles. The van der Waals surface area contributed by atoms with Crippen molar-refractivity contribution in [3.63, 3.8) is 0 Å². The van der Waals surface area contributed by atoms with Crippen molar-refractivity contribution < 1.29 is 27.9 Å². The van der Waals surface area contributed by atoms with Crippen molar-refractivity contribution in [1.82, 2.24) is 9.80 Å². The van der Waals surface area contributed by atoms with E-state index in [1.165, 1.54) is 11.0 Å². The van der Waals surface area contributed by atoms with Crippen molar-refractivity contribution in [1.29, 1.82) is 0 Å². The maximum absolute atomic E-state index is 13.4. The number of carbonyl (C=O) groups is 3. The highest BCUT2D eigenvalue weighted by atomic mass is 19.2. The minimum Gasteiger partial charge on any atom is -0.497 e. The van der Waals surface area contributed by atoms with Crippen molar-refractivity contribution in [3.8, 4) is 5.75 Å². The number of amides is 3. The van der Waals surface area contributed by atoms with Crippen molar-refractivity contribution in [2.24, 2.45) is 5.92 Å². The average molecular weight is 443 g/mol. The predicted octanol–water partition coefficient (Wildman–Crippen LogP) is 2.31. The molecule has 1 atom stereocenters. The predicted molar refractivity (Wildman–Crippen MR) is 112 cm³/mol. The first-order valence-electron chi connectivity index (χ1n) is 10.3. The van der Waals surface area contributed by atoms with Gasteiger partial charge in [-0.2, -0.15) is 0 Å². The topological polar surface area (TPSA) is 70.2 Å². The highest BCUT2D eigenvalue weighted by molar-refractivity contribution is 6.00. The molecule has 9 heteroatoms. The van der Waals surface area contributed by atoms with Crippen molar-refractivity contribution >= 4 is 23.4 Å². The summed E-state index contributed by atoms with van der Waals surface area (Å²) in [5.74, 6) is -2.56. The van der Waals surface area contributed by atoms with Gasteiger partial charge in [-0.3, -0.25) is 14.4 Å². The first kappa shape index (κ1) is 21.7. The molecule has 0 saturated carbocycles. The molecule has 7 nitrogen and oxygen atoms in total. The van der Waals surface area contributed by atoms with Gasteiger partial charge in [0.15, 0.2) is 11.6 Å². The summed E-state index contributed by atoms with van der Waals surface area (Å²) in [4.78, 5) is 42.8. The zero-order chi connectivity index (χ0) is 22.8. The Hall–Kier alpha value is -3.49. The largest absolute Gasteiger partial charge is 0.497 e. The Balaban J connectivity index is 1.35.